The molecule has 5 heteroatoms. The standard InChI is InChI=1S/C18H39O4P/c1-2-3-4-5-6-7-8-9-10-11-12-13-14-15-18-23(20,21)22-17-16-19/h19H,2-18H2,1H3,(H,20,21). The summed E-state index contributed by atoms with van der Waals surface area (Å²) < 4.78 is 16.3. The van der Waals surface area contributed by atoms with Crippen LogP contribution in [0.2, 0.25) is 0 Å². The number of aliphatic hydroxyl groups is 1. The second kappa shape index (κ2) is 17.0. The van der Waals surface area contributed by atoms with E-state index >= 15 is 0 Å². The lowest BCUT2D eigenvalue weighted by molar-refractivity contribution is 0.183. The molecule has 0 aliphatic heterocycles. The second-order valence-corrected chi connectivity index (χ2v) is 8.49. The van der Waals surface area contributed by atoms with E-state index in [1.165, 1.54) is 70.6 Å². The van der Waals surface area contributed by atoms with Gasteiger partial charge in [-0.05, 0) is 6.42 Å². The molecule has 23 heavy (non-hydrogen) atoms. The van der Waals surface area contributed by atoms with Gasteiger partial charge in [-0.25, -0.2) is 0 Å². The normalized spacial score (nSPS) is 14.0. The summed E-state index contributed by atoms with van der Waals surface area (Å²) in [5.74, 6) is 0. The first-order chi connectivity index (χ1) is 11.1. The molecule has 0 heterocycles. The van der Waals surface area contributed by atoms with Crippen molar-refractivity contribution in [3.8, 4) is 0 Å². The van der Waals surface area contributed by atoms with Gasteiger partial charge in [0, 0.05) is 6.16 Å². The summed E-state index contributed by atoms with van der Waals surface area (Å²) in [5, 5.41) is 8.57. The van der Waals surface area contributed by atoms with Crippen molar-refractivity contribution in [2.75, 3.05) is 19.4 Å². The van der Waals surface area contributed by atoms with Crippen LogP contribution in [0.3, 0.4) is 0 Å². The lowest BCUT2D eigenvalue weighted by atomic mass is 10.0. The fourth-order valence-corrected chi connectivity index (χ4v) is 3.87. The van der Waals surface area contributed by atoms with Gasteiger partial charge in [0.2, 0.25) is 0 Å². The molecular weight excluding hydrogens is 311 g/mol. The third-order valence-electron chi connectivity index (χ3n) is 4.18. The van der Waals surface area contributed by atoms with Crippen LogP contribution in [0.15, 0.2) is 0 Å². The molecule has 1 unspecified atom stereocenters. The minimum atomic E-state index is -3.45. The molecule has 0 radical (unpaired) electrons. The van der Waals surface area contributed by atoms with Gasteiger partial charge in [0.25, 0.3) is 0 Å². The zero-order chi connectivity index (χ0) is 17.2. The fourth-order valence-electron chi connectivity index (χ4n) is 2.75. The Hall–Kier alpha value is 0.110. The molecule has 0 aromatic heterocycles. The van der Waals surface area contributed by atoms with E-state index in [1.807, 2.05) is 0 Å². The van der Waals surface area contributed by atoms with Crippen LogP contribution in [-0.2, 0) is 9.09 Å². The fraction of sp³-hybridized carbons (Fsp3) is 1.00. The van der Waals surface area contributed by atoms with Crippen molar-refractivity contribution in [1.29, 1.82) is 0 Å². The van der Waals surface area contributed by atoms with E-state index in [9.17, 15) is 9.46 Å². The maximum atomic E-state index is 11.5. The van der Waals surface area contributed by atoms with Crippen LogP contribution in [0.4, 0.5) is 0 Å². The van der Waals surface area contributed by atoms with Crippen molar-refractivity contribution in [2.45, 2.75) is 96.8 Å². The molecule has 0 spiro atoms. The highest BCUT2D eigenvalue weighted by Crippen LogP contribution is 2.42. The van der Waals surface area contributed by atoms with E-state index in [4.69, 9.17) is 9.63 Å². The molecule has 0 aliphatic carbocycles. The minimum Gasteiger partial charge on any atom is -0.394 e. The van der Waals surface area contributed by atoms with E-state index in [2.05, 4.69) is 6.92 Å². The van der Waals surface area contributed by atoms with Crippen LogP contribution in [0.1, 0.15) is 96.8 Å². The summed E-state index contributed by atoms with van der Waals surface area (Å²) in [4.78, 5) is 9.46. The molecule has 0 aromatic rings. The monoisotopic (exact) mass is 350 g/mol. The predicted molar refractivity (Wildman–Crippen MR) is 98.0 cm³/mol. The van der Waals surface area contributed by atoms with Crippen molar-refractivity contribution in [2.24, 2.45) is 0 Å². The molecule has 4 nitrogen and oxygen atoms in total. The van der Waals surface area contributed by atoms with Gasteiger partial charge in [-0.15, -0.1) is 0 Å². The Balaban J connectivity index is 3.17. The minimum absolute atomic E-state index is 0.0492. The third-order valence-corrected chi connectivity index (χ3v) is 5.65. The number of hydrogen-bond acceptors (Lipinski definition) is 3. The zero-order valence-electron chi connectivity index (χ0n) is 15.2. The van der Waals surface area contributed by atoms with Crippen LogP contribution in [0, 0.1) is 0 Å². The highest BCUT2D eigenvalue weighted by atomic mass is 31.2. The average molecular weight is 350 g/mol. The first-order valence-corrected chi connectivity index (χ1v) is 11.5. The van der Waals surface area contributed by atoms with Crippen molar-refractivity contribution >= 4 is 7.60 Å². The number of unbranched alkanes of at least 4 members (excludes halogenated alkanes) is 13. The molecule has 0 amide bonds. The van der Waals surface area contributed by atoms with Crippen LogP contribution >= 0.6 is 7.60 Å². The van der Waals surface area contributed by atoms with E-state index in [0.717, 1.165) is 19.3 Å². The Morgan fingerprint density at radius 1 is 0.739 bits per heavy atom. The molecule has 2 N–H and O–H groups in total. The van der Waals surface area contributed by atoms with E-state index < -0.39 is 7.60 Å². The summed E-state index contributed by atoms with van der Waals surface area (Å²) in [6.45, 7) is 2.00. The lowest BCUT2D eigenvalue weighted by Gasteiger charge is -2.10. The molecule has 140 valence electrons. The predicted octanol–water partition coefficient (Wildman–Crippen LogP) is 5.66. The van der Waals surface area contributed by atoms with Gasteiger partial charge >= 0.3 is 7.60 Å². The van der Waals surface area contributed by atoms with Gasteiger partial charge in [-0.3, -0.25) is 4.57 Å². The molecule has 0 bridgehead atoms. The summed E-state index contributed by atoms with van der Waals surface area (Å²) in [5.41, 5.74) is 0. The number of aliphatic hydroxyl groups excluding tert-OH is 1. The Labute approximate surface area is 143 Å². The quantitative estimate of drug-likeness (QED) is 0.247. The molecule has 1 atom stereocenters. The van der Waals surface area contributed by atoms with Gasteiger partial charge in [-0.2, -0.15) is 0 Å². The van der Waals surface area contributed by atoms with Gasteiger partial charge < -0.3 is 14.5 Å². The molecule has 0 saturated heterocycles. The molecule has 0 aliphatic rings. The van der Waals surface area contributed by atoms with Crippen molar-refractivity contribution in [3.05, 3.63) is 0 Å². The largest absolute Gasteiger partial charge is 0.394 e. The first-order valence-electron chi connectivity index (χ1n) is 9.69. The number of rotatable bonds is 18. The van der Waals surface area contributed by atoms with E-state index in [1.54, 1.807) is 0 Å². The molecule has 0 aromatic carbocycles. The maximum absolute atomic E-state index is 11.5. The highest BCUT2D eigenvalue weighted by molar-refractivity contribution is 7.52. The Morgan fingerprint density at radius 3 is 1.52 bits per heavy atom. The second-order valence-electron chi connectivity index (χ2n) is 6.51. The SMILES string of the molecule is CCCCCCCCCCCCCCCCP(=O)(O)OCCO. The molecule has 0 saturated carbocycles. The smallest absolute Gasteiger partial charge is 0.328 e. The third kappa shape index (κ3) is 18.3. The van der Waals surface area contributed by atoms with Crippen molar-refractivity contribution < 1.29 is 19.1 Å². The molecule has 0 fully saturated rings. The van der Waals surface area contributed by atoms with E-state index in [-0.39, 0.29) is 19.4 Å². The maximum Gasteiger partial charge on any atom is 0.328 e. The molecular formula is C18H39O4P. The summed E-state index contributed by atoms with van der Waals surface area (Å²) in [7, 11) is -3.45. The van der Waals surface area contributed by atoms with Crippen LogP contribution in [-0.4, -0.2) is 29.4 Å². The Morgan fingerprint density at radius 2 is 1.13 bits per heavy atom. The topological polar surface area (TPSA) is 66.8 Å². The summed E-state index contributed by atoms with van der Waals surface area (Å²) >= 11 is 0. The lowest BCUT2D eigenvalue weighted by Crippen LogP contribution is -2.00. The Bertz CT molecular complexity index is 284. The van der Waals surface area contributed by atoms with Crippen LogP contribution in [0.5, 0.6) is 0 Å². The van der Waals surface area contributed by atoms with Gasteiger partial charge in [0.05, 0.1) is 13.2 Å². The van der Waals surface area contributed by atoms with Gasteiger partial charge in [-0.1, -0.05) is 90.4 Å². The van der Waals surface area contributed by atoms with E-state index in [0.29, 0.717) is 0 Å². The average Bonchev–Trinajstić information content (AvgIpc) is 2.53. The van der Waals surface area contributed by atoms with Gasteiger partial charge in [0.15, 0.2) is 0 Å². The van der Waals surface area contributed by atoms with Crippen molar-refractivity contribution in [3.63, 3.8) is 0 Å². The van der Waals surface area contributed by atoms with Crippen LogP contribution < -0.4 is 0 Å². The zero-order valence-corrected chi connectivity index (χ0v) is 16.1. The van der Waals surface area contributed by atoms with Crippen molar-refractivity contribution in [1.82, 2.24) is 0 Å². The summed E-state index contributed by atoms with van der Waals surface area (Å²) in [6.07, 6.45) is 18.0. The highest BCUT2D eigenvalue weighted by Gasteiger charge is 2.17. The Kier molecular flexibility index (Phi) is 17.0. The summed E-state index contributed by atoms with van der Waals surface area (Å²) in [6, 6.07) is 0. The van der Waals surface area contributed by atoms with Gasteiger partial charge in [0.1, 0.15) is 0 Å². The first kappa shape index (κ1) is 23.1. The number of hydrogen-bond donors (Lipinski definition) is 2. The van der Waals surface area contributed by atoms with Crippen LogP contribution in [0.25, 0.3) is 0 Å². The molecule has 0 rings (SSSR count).